The molecule has 1 unspecified atom stereocenters. The van der Waals surface area contributed by atoms with E-state index in [1.54, 1.807) is 0 Å². The molecule has 35 heavy (non-hydrogen) atoms. The number of rotatable bonds is 5. The normalized spacial score (nSPS) is 17.3. The fraction of sp³-hybridized carbons (Fsp3) is 0.346. The molecule has 1 amide bonds. The van der Waals surface area contributed by atoms with E-state index in [4.69, 9.17) is 16.6 Å². The average molecular weight is 496 g/mol. The molecule has 2 aliphatic heterocycles. The number of nitrogens with zero attached hydrogens (tertiary/aromatic N) is 4. The Morgan fingerprint density at radius 3 is 2.83 bits per heavy atom. The highest BCUT2D eigenvalue weighted by molar-refractivity contribution is 6.31. The van der Waals surface area contributed by atoms with Crippen molar-refractivity contribution in [3.8, 4) is 11.4 Å². The van der Waals surface area contributed by atoms with Crippen LogP contribution in [0.2, 0.25) is 5.02 Å². The molecule has 2 aliphatic rings. The molecule has 0 aliphatic carbocycles. The Hall–Kier alpha value is -3.39. The van der Waals surface area contributed by atoms with Crippen molar-refractivity contribution < 1.29 is 9.18 Å². The molecule has 2 aromatic carbocycles. The minimum atomic E-state index is -0.565. The maximum absolute atomic E-state index is 13.8. The summed E-state index contributed by atoms with van der Waals surface area (Å²) in [6.07, 6.45) is 5.38. The van der Waals surface area contributed by atoms with Gasteiger partial charge in [0.2, 0.25) is 5.91 Å². The van der Waals surface area contributed by atoms with Crippen LogP contribution >= 0.6 is 11.6 Å². The third kappa shape index (κ3) is 4.62. The van der Waals surface area contributed by atoms with E-state index in [-0.39, 0.29) is 34.9 Å². The van der Waals surface area contributed by atoms with E-state index in [1.807, 2.05) is 32.0 Å². The molecule has 5 rings (SSSR count). The lowest BCUT2D eigenvalue weighted by Gasteiger charge is -2.39. The first kappa shape index (κ1) is 23.4. The van der Waals surface area contributed by atoms with Crippen LogP contribution in [0.5, 0.6) is 0 Å². The van der Waals surface area contributed by atoms with Gasteiger partial charge in [-0.2, -0.15) is 0 Å². The molecule has 1 aromatic heterocycles. The van der Waals surface area contributed by atoms with E-state index in [1.165, 1.54) is 22.8 Å². The molecular formula is C26H27ClFN5O2. The van der Waals surface area contributed by atoms with Gasteiger partial charge in [-0.25, -0.2) is 9.37 Å². The SMILES string of the molecule is CC(C)NC(=O)Cn1c(-c2ccc(F)c(Cl)c2)nc2ccc(N3CCN4C=CCC4C3)cc2c1=O. The Labute approximate surface area is 207 Å². The fourth-order valence-electron chi connectivity index (χ4n) is 4.78. The zero-order valence-corrected chi connectivity index (χ0v) is 20.4. The van der Waals surface area contributed by atoms with Gasteiger partial charge < -0.3 is 15.1 Å². The van der Waals surface area contributed by atoms with Crippen LogP contribution in [-0.4, -0.2) is 52.1 Å². The monoisotopic (exact) mass is 495 g/mol. The van der Waals surface area contributed by atoms with Crippen LogP contribution < -0.4 is 15.8 Å². The van der Waals surface area contributed by atoms with Crippen LogP contribution in [0, 0.1) is 5.82 Å². The highest BCUT2D eigenvalue weighted by atomic mass is 35.5. The van der Waals surface area contributed by atoms with Gasteiger partial charge in [-0.3, -0.25) is 14.2 Å². The van der Waals surface area contributed by atoms with Crippen LogP contribution in [0.15, 0.2) is 53.5 Å². The number of nitrogens with one attached hydrogen (secondary N) is 1. The minimum absolute atomic E-state index is 0.0779. The summed E-state index contributed by atoms with van der Waals surface area (Å²) in [7, 11) is 0. The third-order valence-electron chi connectivity index (χ3n) is 6.47. The fourth-order valence-corrected chi connectivity index (χ4v) is 4.96. The average Bonchev–Trinajstić information content (AvgIpc) is 3.30. The lowest BCUT2D eigenvalue weighted by atomic mass is 10.1. The Kier molecular flexibility index (Phi) is 6.23. The maximum atomic E-state index is 13.8. The molecule has 9 heteroatoms. The van der Waals surface area contributed by atoms with Crippen molar-refractivity contribution in [2.24, 2.45) is 0 Å². The van der Waals surface area contributed by atoms with Crippen molar-refractivity contribution in [1.29, 1.82) is 0 Å². The van der Waals surface area contributed by atoms with Crippen molar-refractivity contribution in [1.82, 2.24) is 19.8 Å². The zero-order valence-electron chi connectivity index (χ0n) is 19.7. The van der Waals surface area contributed by atoms with Gasteiger partial charge in [0, 0.05) is 43.0 Å². The standard InChI is InChI=1S/C26H27ClFN5O2/c1-16(2)29-24(34)15-33-25(17-5-7-22(28)21(27)12-17)30-23-8-6-18(13-20(23)26(33)35)32-11-10-31-9-3-4-19(31)14-32/h3,5-9,12-13,16,19H,4,10-11,14-15H2,1-2H3,(H,29,34). The highest BCUT2D eigenvalue weighted by Crippen LogP contribution is 2.28. The molecule has 1 atom stereocenters. The topological polar surface area (TPSA) is 70.5 Å². The van der Waals surface area contributed by atoms with Crippen LogP contribution in [-0.2, 0) is 11.3 Å². The molecule has 0 spiro atoms. The van der Waals surface area contributed by atoms with Gasteiger partial charge in [-0.15, -0.1) is 0 Å². The number of hydrogen-bond donors (Lipinski definition) is 1. The van der Waals surface area contributed by atoms with Gasteiger partial charge in [-0.05, 0) is 62.9 Å². The van der Waals surface area contributed by atoms with Crippen LogP contribution in [0.25, 0.3) is 22.3 Å². The molecule has 1 saturated heterocycles. The van der Waals surface area contributed by atoms with Gasteiger partial charge in [0.25, 0.3) is 5.56 Å². The number of aromatic nitrogens is 2. The van der Waals surface area contributed by atoms with Gasteiger partial charge >= 0.3 is 0 Å². The van der Waals surface area contributed by atoms with E-state index in [0.717, 1.165) is 31.7 Å². The second-order valence-electron chi connectivity index (χ2n) is 9.34. The van der Waals surface area contributed by atoms with E-state index < -0.39 is 5.82 Å². The number of carbonyl (C=O) groups is 1. The number of amides is 1. The first-order valence-electron chi connectivity index (χ1n) is 11.8. The number of halogens is 2. The van der Waals surface area contributed by atoms with Gasteiger partial charge in [0.15, 0.2) is 0 Å². The van der Waals surface area contributed by atoms with E-state index in [2.05, 4.69) is 27.4 Å². The number of piperazine rings is 1. The summed E-state index contributed by atoms with van der Waals surface area (Å²) in [5.41, 5.74) is 1.60. The number of fused-ring (bicyclic) bond motifs is 2. The quantitative estimate of drug-likeness (QED) is 0.583. The van der Waals surface area contributed by atoms with Crippen molar-refractivity contribution in [3.05, 3.63) is 69.9 Å². The second-order valence-corrected chi connectivity index (χ2v) is 9.74. The smallest absolute Gasteiger partial charge is 0.262 e. The molecule has 7 nitrogen and oxygen atoms in total. The zero-order chi connectivity index (χ0) is 24.7. The molecular weight excluding hydrogens is 469 g/mol. The molecule has 0 saturated carbocycles. The maximum Gasteiger partial charge on any atom is 0.262 e. The predicted octanol–water partition coefficient (Wildman–Crippen LogP) is 3.79. The minimum Gasteiger partial charge on any atom is -0.371 e. The van der Waals surface area contributed by atoms with Crippen molar-refractivity contribution in [3.63, 3.8) is 0 Å². The molecule has 0 bridgehead atoms. The van der Waals surface area contributed by atoms with Crippen LogP contribution in [0.3, 0.4) is 0 Å². The number of carbonyl (C=O) groups excluding carboxylic acids is 1. The lowest BCUT2D eigenvalue weighted by Crippen LogP contribution is -2.49. The van der Waals surface area contributed by atoms with Gasteiger partial charge in [0.1, 0.15) is 18.2 Å². The van der Waals surface area contributed by atoms with E-state index in [0.29, 0.717) is 22.5 Å². The summed E-state index contributed by atoms with van der Waals surface area (Å²) in [6, 6.07) is 10.2. The van der Waals surface area contributed by atoms with Gasteiger partial charge in [-0.1, -0.05) is 17.7 Å². The number of benzene rings is 2. The predicted molar refractivity (Wildman–Crippen MR) is 136 cm³/mol. The van der Waals surface area contributed by atoms with Crippen molar-refractivity contribution in [2.75, 3.05) is 24.5 Å². The largest absolute Gasteiger partial charge is 0.371 e. The number of hydrogen-bond acceptors (Lipinski definition) is 5. The first-order chi connectivity index (χ1) is 16.8. The van der Waals surface area contributed by atoms with E-state index in [9.17, 15) is 14.0 Å². The molecule has 3 heterocycles. The lowest BCUT2D eigenvalue weighted by molar-refractivity contribution is -0.122. The van der Waals surface area contributed by atoms with Gasteiger partial charge in [0.05, 0.1) is 15.9 Å². The van der Waals surface area contributed by atoms with Crippen molar-refractivity contribution >= 4 is 34.1 Å². The molecule has 1 N–H and O–H groups in total. The van der Waals surface area contributed by atoms with Crippen molar-refractivity contribution in [2.45, 2.75) is 38.9 Å². The molecule has 1 fully saturated rings. The Bertz CT molecular complexity index is 1390. The van der Waals surface area contributed by atoms with Crippen LogP contribution in [0.4, 0.5) is 10.1 Å². The summed E-state index contributed by atoms with van der Waals surface area (Å²) in [6.45, 7) is 6.17. The summed E-state index contributed by atoms with van der Waals surface area (Å²) in [5, 5.41) is 3.18. The summed E-state index contributed by atoms with van der Waals surface area (Å²) < 4.78 is 15.1. The second kappa shape index (κ2) is 9.34. The highest BCUT2D eigenvalue weighted by Gasteiger charge is 2.27. The Morgan fingerprint density at radius 1 is 1.23 bits per heavy atom. The first-order valence-corrected chi connectivity index (χ1v) is 12.1. The molecule has 3 aromatic rings. The molecule has 182 valence electrons. The summed E-state index contributed by atoms with van der Waals surface area (Å²) >= 11 is 6.01. The Morgan fingerprint density at radius 2 is 2.06 bits per heavy atom. The third-order valence-corrected chi connectivity index (χ3v) is 6.76. The van der Waals surface area contributed by atoms with E-state index >= 15 is 0 Å². The number of anilines is 1. The molecule has 0 radical (unpaired) electrons. The van der Waals surface area contributed by atoms with Crippen LogP contribution in [0.1, 0.15) is 20.3 Å². The summed E-state index contributed by atoms with van der Waals surface area (Å²) in [4.78, 5) is 35.7. The summed E-state index contributed by atoms with van der Waals surface area (Å²) in [5.74, 6) is -0.606. The Balaban J connectivity index is 1.59.